The molecular weight excluding hydrogens is 145 g/mol. The average molecular weight is 158 g/mol. The second-order valence-electron chi connectivity index (χ2n) is 2.31. The molecule has 0 atom stereocenters. The summed E-state index contributed by atoms with van der Waals surface area (Å²) in [5.41, 5.74) is 0.542. The third-order valence-electron chi connectivity index (χ3n) is 1.60. The maximum atomic E-state index is 3.22. The van der Waals surface area contributed by atoms with Gasteiger partial charge in [-0.05, 0) is 26.8 Å². The van der Waals surface area contributed by atoms with Gasteiger partial charge in [0.05, 0.1) is 0 Å². The van der Waals surface area contributed by atoms with Gasteiger partial charge in [0.15, 0.2) is 0 Å². The van der Waals surface area contributed by atoms with Gasteiger partial charge in [-0.3, -0.25) is 0 Å². The van der Waals surface area contributed by atoms with Crippen LogP contribution in [0.1, 0.15) is 19.8 Å². The Labute approximate surface area is 63.0 Å². The van der Waals surface area contributed by atoms with Crippen LogP contribution >= 0.6 is 24.8 Å². The van der Waals surface area contributed by atoms with Crippen LogP contribution < -0.4 is 5.32 Å². The standard InChI is InChI=1S/C5H11N.2ClH/c1-5(6-2)3-4-5;;/h6H,3-4H2,1-2H3;2*1H. The van der Waals surface area contributed by atoms with Gasteiger partial charge in [0.25, 0.3) is 0 Å². The van der Waals surface area contributed by atoms with Crippen LogP contribution in [0.25, 0.3) is 0 Å². The molecule has 52 valence electrons. The van der Waals surface area contributed by atoms with Crippen molar-refractivity contribution in [2.24, 2.45) is 0 Å². The Bertz CT molecular complexity index is 61.4. The molecule has 0 bridgehead atoms. The molecule has 1 aliphatic rings. The van der Waals surface area contributed by atoms with Gasteiger partial charge in [-0.15, -0.1) is 24.8 Å². The second-order valence-corrected chi connectivity index (χ2v) is 2.31. The highest BCUT2D eigenvalue weighted by Crippen LogP contribution is 2.33. The summed E-state index contributed by atoms with van der Waals surface area (Å²) in [7, 11) is 2.02. The Morgan fingerprint density at radius 1 is 1.25 bits per heavy atom. The van der Waals surface area contributed by atoms with E-state index in [0.29, 0.717) is 5.54 Å². The third kappa shape index (κ3) is 2.75. The summed E-state index contributed by atoms with van der Waals surface area (Å²) < 4.78 is 0. The van der Waals surface area contributed by atoms with Gasteiger partial charge in [0.2, 0.25) is 0 Å². The minimum Gasteiger partial charge on any atom is -0.315 e. The third-order valence-corrected chi connectivity index (χ3v) is 1.60. The monoisotopic (exact) mass is 157 g/mol. The summed E-state index contributed by atoms with van der Waals surface area (Å²) in [4.78, 5) is 0. The molecule has 0 amide bonds. The Morgan fingerprint density at radius 2 is 1.62 bits per heavy atom. The van der Waals surface area contributed by atoms with E-state index in [4.69, 9.17) is 0 Å². The topological polar surface area (TPSA) is 12.0 Å². The molecule has 0 aromatic heterocycles. The minimum atomic E-state index is 0. The van der Waals surface area contributed by atoms with Crippen molar-refractivity contribution in [3.05, 3.63) is 0 Å². The summed E-state index contributed by atoms with van der Waals surface area (Å²) in [6, 6.07) is 0. The van der Waals surface area contributed by atoms with Crippen LogP contribution in [0.4, 0.5) is 0 Å². The van der Waals surface area contributed by atoms with Crippen LogP contribution in [-0.4, -0.2) is 12.6 Å². The van der Waals surface area contributed by atoms with E-state index in [9.17, 15) is 0 Å². The molecular formula is C5H13Cl2N. The fraction of sp³-hybridized carbons (Fsp3) is 1.00. The lowest BCUT2D eigenvalue weighted by Crippen LogP contribution is -2.21. The second kappa shape index (κ2) is 3.54. The van der Waals surface area contributed by atoms with E-state index in [1.54, 1.807) is 0 Å². The maximum absolute atomic E-state index is 3.22. The number of hydrogen-bond acceptors (Lipinski definition) is 1. The van der Waals surface area contributed by atoms with Gasteiger partial charge in [-0.25, -0.2) is 0 Å². The van der Waals surface area contributed by atoms with Gasteiger partial charge < -0.3 is 5.32 Å². The van der Waals surface area contributed by atoms with Crippen molar-refractivity contribution in [2.45, 2.75) is 25.3 Å². The van der Waals surface area contributed by atoms with Crippen LogP contribution in [0, 0.1) is 0 Å². The van der Waals surface area contributed by atoms with Crippen molar-refractivity contribution in [3.63, 3.8) is 0 Å². The Morgan fingerprint density at radius 3 is 1.62 bits per heavy atom. The van der Waals surface area contributed by atoms with E-state index in [0.717, 1.165) is 0 Å². The highest BCUT2D eigenvalue weighted by molar-refractivity contribution is 5.85. The molecule has 0 heterocycles. The zero-order valence-electron chi connectivity index (χ0n) is 5.23. The summed E-state index contributed by atoms with van der Waals surface area (Å²) in [5.74, 6) is 0. The van der Waals surface area contributed by atoms with Crippen molar-refractivity contribution in [1.29, 1.82) is 0 Å². The summed E-state index contributed by atoms with van der Waals surface area (Å²) in [6.45, 7) is 2.24. The first-order chi connectivity index (χ1) is 2.77. The molecule has 0 unspecified atom stereocenters. The van der Waals surface area contributed by atoms with Crippen LogP contribution in [-0.2, 0) is 0 Å². The first kappa shape index (κ1) is 11.4. The number of nitrogens with one attached hydrogen (secondary N) is 1. The van der Waals surface area contributed by atoms with Crippen LogP contribution in [0.2, 0.25) is 0 Å². The Hall–Kier alpha value is 0.540. The molecule has 1 rings (SSSR count). The van der Waals surface area contributed by atoms with Crippen LogP contribution in [0.15, 0.2) is 0 Å². The number of rotatable bonds is 1. The van der Waals surface area contributed by atoms with E-state index >= 15 is 0 Å². The quantitative estimate of drug-likeness (QED) is 0.611. The molecule has 1 nitrogen and oxygen atoms in total. The SMILES string of the molecule is CNC1(C)CC1.Cl.Cl. The van der Waals surface area contributed by atoms with Gasteiger partial charge in [-0.2, -0.15) is 0 Å². The fourth-order valence-corrected chi connectivity index (χ4v) is 0.437. The number of halogens is 2. The van der Waals surface area contributed by atoms with E-state index in [-0.39, 0.29) is 24.8 Å². The molecule has 0 saturated heterocycles. The van der Waals surface area contributed by atoms with E-state index in [1.807, 2.05) is 7.05 Å². The molecule has 0 aromatic rings. The zero-order chi connectivity index (χ0) is 4.62. The van der Waals surface area contributed by atoms with Crippen molar-refractivity contribution < 1.29 is 0 Å². The molecule has 1 saturated carbocycles. The van der Waals surface area contributed by atoms with Crippen molar-refractivity contribution >= 4 is 24.8 Å². The van der Waals surface area contributed by atoms with Crippen molar-refractivity contribution in [3.8, 4) is 0 Å². The van der Waals surface area contributed by atoms with E-state index in [1.165, 1.54) is 12.8 Å². The predicted octanol–water partition coefficient (Wildman–Crippen LogP) is 1.60. The molecule has 8 heavy (non-hydrogen) atoms. The fourth-order valence-electron chi connectivity index (χ4n) is 0.437. The molecule has 1 N–H and O–H groups in total. The van der Waals surface area contributed by atoms with E-state index in [2.05, 4.69) is 12.2 Å². The highest BCUT2D eigenvalue weighted by atomic mass is 35.5. The molecule has 3 heteroatoms. The minimum absolute atomic E-state index is 0. The van der Waals surface area contributed by atoms with Gasteiger partial charge in [-0.1, -0.05) is 0 Å². The lowest BCUT2D eigenvalue weighted by Gasteiger charge is -2.01. The van der Waals surface area contributed by atoms with Gasteiger partial charge >= 0.3 is 0 Å². The first-order valence-corrected chi connectivity index (χ1v) is 2.46. The molecule has 1 aliphatic carbocycles. The first-order valence-electron chi connectivity index (χ1n) is 2.46. The van der Waals surface area contributed by atoms with E-state index < -0.39 is 0 Å². The highest BCUT2D eigenvalue weighted by Gasteiger charge is 2.34. The smallest absolute Gasteiger partial charge is 0.0151 e. The molecule has 0 aliphatic heterocycles. The lowest BCUT2D eigenvalue weighted by atomic mass is 10.3. The van der Waals surface area contributed by atoms with Gasteiger partial charge in [0.1, 0.15) is 0 Å². The van der Waals surface area contributed by atoms with Crippen LogP contribution in [0.5, 0.6) is 0 Å². The molecule has 1 fully saturated rings. The normalized spacial score (nSPS) is 20.2. The summed E-state index contributed by atoms with van der Waals surface area (Å²) in [5, 5.41) is 3.22. The summed E-state index contributed by atoms with van der Waals surface area (Å²) in [6.07, 6.45) is 2.73. The zero-order valence-corrected chi connectivity index (χ0v) is 6.86. The molecule has 0 aromatic carbocycles. The van der Waals surface area contributed by atoms with Crippen molar-refractivity contribution in [1.82, 2.24) is 5.32 Å². The van der Waals surface area contributed by atoms with Crippen molar-refractivity contribution in [2.75, 3.05) is 7.05 Å². The molecule has 0 spiro atoms. The van der Waals surface area contributed by atoms with Gasteiger partial charge in [0, 0.05) is 5.54 Å². The average Bonchev–Trinajstić information content (AvgIpc) is 2.22. The maximum Gasteiger partial charge on any atom is 0.0151 e. The Kier molecular flexibility index (Phi) is 5.03. The Balaban J connectivity index is 0. The summed E-state index contributed by atoms with van der Waals surface area (Å²) >= 11 is 0. The predicted molar refractivity (Wildman–Crippen MR) is 41.2 cm³/mol. The van der Waals surface area contributed by atoms with Crippen LogP contribution in [0.3, 0.4) is 0 Å². The molecule has 0 radical (unpaired) electrons. The number of hydrogen-bond donors (Lipinski definition) is 1. The lowest BCUT2D eigenvalue weighted by molar-refractivity contribution is 0.607. The largest absolute Gasteiger partial charge is 0.315 e.